The monoisotopic (exact) mass is 543 g/mol. The zero-order chi connectivity index (χ0) is 27.5. The van der Waals surface area contributed by atoms with Crippen molar-refractivity contribution >= 4 is 40.1 Å². The molecule has 0 fully saturated rings. The highest BCUT2D eigenvalue weighted by molar-refractivity contribution is 6.31. The molecule has 1 aliphatic rings. The van der Waals surface area contributed by atoms with Gasteiger partial charge in [0.15, 0.2) is 0 Å². The zero-order valence-corrected chi connectivity index (χ0v) is 22.1. The van der Waals surface area contributed by atoms with Gasteiger partial charge < -0.3 is 15.4 Å². The predicted octanol–water partition coefficient (Wildman–Crippen LogP) is 7.24. The third-order valence-corrected chi connectivity index (χ3v) is 7.15. The van der Waals surface area contributed by atoms with Crippen molar-refractivity contribution < 1.29 is 19.1 Å². The summed E-state index contributed by atoms with van der Waals surface area (Å²) in [7, 11) is 0. The van der Waals surface area contributed by atoms with Gasteiger partial charge in [0, 0.05) is 16.2 Å². The Kier molecular flexibility index (Phi) is 7.61. The van der Waals surface area contributed by atoms with E-state index < -0.39 is 5.97 Å². The summed E-state index contributed by atoms with van der Waals surface area (Å²) >= 11 is 6.36. The standard InChI is InChI=1S/C31H27ClFN3O3/c1-2-5-26(18-8-12-21(33)13-9-18)36-30(37)19-10-14-22(25(16-19)31(38)39)24-17-20(32)11-15-23(24)29-34-27-6-3-4-7-28(27)35-29/h3-4,6-9,11-13,15-17,26H,2,5,10,14H2,1H3,(H,34,35)(H,36,37)(H,38,39). The van der Waals surface area contributed by atoms with Gasteiger partial charge in [0.25, 0.3) is 0 Å². The molecular formula is C31H27ClFN3O3. The zero-order valence-electron chi connectivity index (χ0n) is 21.3. The summed E-state index contributed by atoms with van der Waals surface area (Å²) in [5.41, 5.74) is 4.85. The van der Waals surface area contributed by atoms with Crippen molar-refractivity contribution in [3.05, 3.63) is 106 Å². The van der Waals surface area contributed by atoms with Crippen LogP contribution >= 0.6 is 11.6 Å². The first-order chi connectivity index (χ1) is 18.8. The van der Waals surface area contributed by atoms with E-state index in [-0.39, 0.29) is 23.3 Å². The first kappa shape index (κ1) is 26.4. The summed E-state index contributed by atoms with van der Waals surface area (Å²) in [5.74, 6) is -1.20. The second-order valence-electron chi connectivity index (χ2n) is 9.53. The lowest BCUT2D eigenvalue weighted by molar-refractivity contribution is -0.132. The average Bonchev–Trinajstić information content (AvgIpc) is 3.37. The number of benzene rings is 3. The fourth-order valence-electron chi connectivity index (χ4n) is 4.99. The second kappa shape index (κ2) is 11.3. The maximum Gasteiger partial charge on any atom is 0.335 e. The Balaban J connectivity index is 1.51. The first-order valence-corrected chi connectivity index (χ1v) is 13.2. The summed E-state index contributed by atoms with van der Waals surface area (Å²) < 4.78 is 13.4. The van der Waals surface area contributed by atoms with Crippen LogP contribution in [0.1, 0.15) is 49.8 Å². The third-order valence-electron chi connectivity index (χ3n) is 6.92. The number of aromatic nitrogens is 2. The van der Waals surface area contributed by atoms with Crippen LogP contribution in [0, 0.1) is 5.82 Å². The number of hydrogen-bond donors (Lipinski definition) is 3. The number of carbonyl (C=O) groups excluding carboxylic acids is 1. The van der Waals surface area contributed by atoms with Crippen LogP contribution in [0.25, 0.3) is 28.0 Å². The third kappa shape index (κ3) is 5.64. The topological polar surface area (TPSA) is 95.1 Å². The molecule has 39 heavy (non-hydrogen) atoms. The summed E-state index contributed by atoms with van der Waals surface area (Å²) in [6.07, 6.45) is 3.62. The van der Waals surface area contributed by atoms with Crippen molar-refractivity contribution in [1.82, 2.24) is 15.3 Å². The van der Waals surface area contributed by atoms with E-state index in [1.165, 1.54) is 18.2 Å². The number of aromatic amines is 1. The van der Waals surface area contributed by atoms with Crippen molar-refractivity contribution in [3.63, 3.8) is 0 Å². The van der Waals surface area contributed by atoms with Crippen molar-refractivity contribution in [2.75, 3.05) is 0 Å². The Morgan fingerprint density at radius 3 is 2.56 bits per heavy atom. The molecule has 0 bridgehead atoms. The number of fused-ring (bicyclic) bond motifs is 1. The number of carbonyl (C=O) groups is 2. The Morgan fingerprint density at radius 2 is 1.85 bits per heavy atom. The number of carboxylic acid groups (broad SMARTS) is 1. The number of rotatable bonds is 8. The fourth-order valence-corrected chi connectivity index (χ4v) is 5.16. The molecule has 1 heterocycles. The van der Waals surface area contributed by atoms with Gasteiger partial charge in [-0.1, -0.05) is 49.2 Å². The highest BCUT2D eigenvalue weighted by atomic mass is 35.5. The maximum absolute atomic E-state index is 13.4. The predicted molar refractivity (Wildman–Crippen MR) is 151 cm³/mol. The van der Waals surface area contributed by atoms with Gasteiger partial charge in [-0.05, 0) is 84.5 Å². The SMILES string of the molecule is CCCC(NC(=O)C1=CC(C(=O)O)=C(c2cc(Cl)ccc2-c2nc3ccccc3[nH]2)CC1)c1ccc(F)cc1. The Bertz CT molecular complexity index is 1590. The molecule has 1 atom stereocenters. The number of hydrogen-bond acceptors (Lipinski definition) is 3. The van der Waals surface area contributed by atoms with Crippen LogP contribution in [0.4, 0.5) is 4.39 Å². The van der Waals surface area contributed by atoms with Crippen molar-refractivity contribution in [2.45, 2.75) is 38.6 Å². The lowest BCUT2D eigenvalue weighted by atomic mass is 9.85. The molecule has 198 valence electrons. The van der Waals surface area contributed by atoms with Crippen LogP contribution in [0.5, 0.6) is 0 Å². The largest absolute Gasteiger partial charge is 0.478 e. The molecule has 0 saturated heterocycles. The van der Waals surface area contributed by atoms with E-state index >= 15 is 0 Å². The van der Waals surface area contributed by atoms with Crippen LogP contribution in [-0.4, -0.2) is 27.0 Å². The number of imidazole rings is 1. The van der Waals surface area contributed by atoms with Crippen LogP contribution in [0.3, 0.4) is 0 Å². The molecule has 1 unspecified atom stereocenters. The maximum atomic E-state index is 13.4. The summed E-state index contributed by atoms with van der Waals surface area (Å²) in [5, 5.41) is 13.6. The van der Waals surface area contributed by atoms with Crippen molar-refractivity contribution in [2.24, 2.45) is 0 Å². The van der Waals surface area contributed by atoms with Crippen molar-refractivity contribution in [3.8, 4) is 11.4 Å². The number of H-pyrrole nitrogens is 1. The minimum Gasteiger partial charge on any atom is -0.478 e. The average molecular weight is 544 g/mol. The van der Waals surface area contributed by atoms with E-state index in [1.807, 2.05) is 37.3 Å². The minimum atomic E-state index is -1.13. The molecule has 0 radical (unpaired) electrons. The fraction of sp³-hybridized carbons (Fsp3) is 0.194. The smallest absolute Gasteiger partial charge is 0.335 e. The molecule has 1 aromatic heterocycles. The number of nitrogens with zero attached hydrogens (tertiary/aromatic N) is 1. The number of aliphatic carboxylic acids is 1. The number of nitrogens with one attached hydrogen (secondary N) is 2. The molecule has 6 nitrogen and oxygen atoms in total. The van der Waals surface area contributed by atoms with E-state index in [1.54, 1.807) is 24.3 Å². The molecule has 0 saturated carbocycles. The summed E-state index contributed by atoms with van der Waals surface area (Å²) in [6, 6.07) is 18.7. The molecule has 1 amide bonds. The van der Waals surface area contributed by atoms with Gasteiger partial charge in [0.1, 0.15) is 11.6 Å². The number of allylic oxidation sites excluding steroid dienone is 1. The van der Waals surface area contributed by atoms with Crippen LogP contribution < -0.4 is 5.32 Å². The number of amides is 1. The van der Waals surface area contributed by atoms with E-state index in [9.17, 15) is 19.1 Å². The van der Waals surface area contributed by atoms with Crippen LogP contribution in [0.15, 0.2) is 84.0 Å². The summed E-state index contributed by atoms with van der Waals surface area (Å²) in [6.45, 7) is 2.00. The van der Waals surface area contributed by atoms with Gasteiger partial charge in [0.2, 0.25) is 5.91 Å². The van der Waals surface area contributed by atoms with E-state index in [0.29, 0.717) is 46.8 Å². The molecule has 1 aliphatic carbocycles. The highest BCUT2D eigenvalue weighted by Gasteiger charge is 2.26. The molecule has 8 heteroatoms. The molecule has 4 aromatic rings. The van der Waals surface area contributed by atoms with Gasteiger partial charge in [-0.15, -0.1) is 0 Å². The Morgan fingerprint density at radius 1 is 1.08 bits per heavy atom. The summed E-state index contributed by atoms with van der Waals surface area (Å²) in [4.78, 5) is 33.7. The lowest BCUT2D eigenvalue weighted by Crippen LogP contribution is -2.30. The quantitative estimate of drug-likeness (QED) is 0.218. The minimum absolute atomic E-state index is 0.0415. The number of para-hydroxylation sites is 2. The second-order valence-corrected chi connectivity index (χ2v) is 9.96. The molecule has 0 spiro atoms. The van der Waals surface area contributed by atoms with E-state index in [0.717, 1.165) is 28.6 Å². The first-order valence-electron chi connectivity index (χ1n) is 12.8. The van der Waals surface area contributed by atoms with Gasteiger partial charge >= 0.3 is 5.97 Å². The molecule has 3 aromatic carbocycles. The van der Waals surface area contributed by atoms with Crippen LogP contribution in [-0.2, 0) is 9.59 Å². The highest BCUT2D eigenvalue weighted by Crippen LogP contribution is 2.38. The van der Waals surface area contributed by atoms with Gasteiger partial charge in [-0.3, -0.25) is 4.79 Å². The van der Waals surface area contributed by atoms with Crippen molar-refractivity contribution in [1.29, 1.82) is 0 Å². The molecular weight excluding hydrogens is 517 g/mol. The lowest BCUT2D eigenvalue weighted by Gasteiger charge is -2.23. The van der Waals surface area contributed by atoms with E-state index in [4.69, 9.17) is 16.6 Å². The number of halogens is 2. The molecule has 3 N–H and O–H groups in total. The van der Waals surface area contributed by atoms with Gasteiger partial charge in [-0.2, -0.15) is 0 Å². The number of carboxylic acids is 1. The van der Waals surface area contributed by atoms with Crippen LogP contribution in [0.2, 0.25) is 5.02 Å². The normalized spacial score (nSPS) is 14.3. The Hall–Kier alpha value is -4.23. The van der Waals surface area contributed by atoms with Gasteiger partial charge in [-0.25, -0.2) is 14.2 Å². The van der Waals surface area contributed by atoms with Gasteiger partial charge in [0.05, 0.1) is 22.6 Å². The van der Waals surface area contributed by atoms with E-state index in [2.05, 4.69) is 10.3 Å². The molecule has 5 rings (SSSR count). The molecule has 0 aliphatic heterocycles. The Labute approximate surface area is 230 Å².